The zero-order chi connectivity index (χ0) is 17.5. The maximum Gasteiger partial charge on any atom is 0.259 e. The highest BCUT2D eigenvalue weighted by Gasteiger charge is 2.36. The van der Waals surface area contributed by atoms with Crippen molar-refractivity contribution in [3.63, 3.8) is 0 Å². The maximum absolute atomic E-state index is 13.1. The van der Waals surface area contributed by atoms with Gasteiger partial charge < -0.3 is 14.1 Å². The highest BCUT2D eigenvalue weighted by molar-refractivity contribution is 5.98. The van der Waals surface area contributed by atoms with E-state index in [1.54, 1.807) is 28.8 Å². The predicted molar refractivity (Wildman–Crippen MR) is 88.0 cm³/mol. The fourth-order valence-corrected chi connectivity index (χ4v) is 3.31. The van der Waals surface area contributed by atoms with Crippen LogP contribution in [0.1, 0.15) is 42.5 Å². The lowest BCUT2D eigenvalue weighted by atomic mass is 10.0. The van der Waals surface area contributed by atoms with Crippen molar-refractivity contribution < 1.29 is 13.9 Å². The van der Waals surface area contributed by atoms with Gasteiger partial charge in [-0.25, -0.2) is 0 Å². The maximum atomic E-state index is 13.1. The molecule has 1 amide bonds. The Kier molecular flexibility index (Phi) is 3.98. The van der Waals surface area contributed by atoms with Crippen LogP contribution in [0.5, 0.6) is 0 Å². The second-order valence-electron chi connectivity index (χ2n) is 6.79. The van der Waals surface area contributed by atoms with Crippen LogP contribution >= 0.6 is 0 Å². The second kappa shape index (κ2) is 5.84. The molecule has 24 heavy (non-hydrogen) atoms. The van der Waals surface area contributed by atoms with Crippen molar-refractivity contribution in [3.05, 3.63) is 41.4 Å². The number of hydrogen-bond donors (Lipinski definition) is 0. The van der Waals surface area contributed by atoms with E-state index in [0.29, 0.717) is 30.3 Å². The Morgan fingerprint density at radius 3 is 2.62 bits per heavy atom. The molecule has 3 heterocycles. The van der Waals surface area contributed by atoms with Gasteiger partial charge in [0, 0.05) is 25.5 Å². The molecule has 2 aromatic rings. The summed E-state index contributed by atoms with van der Waals surface area (Å²) in [7, 11) is 0. The van der Waals surface area contributed by atoms with Crippen molar-refractivity contribution >= 4 is 5.91 Å². The molecule has 0 bridgehead atoms. The van der Waals surface area contributed by atoms with Crippen LogP contribution in [0.4, 0.5) is 0 Å². The number of morpholine rings is 1. The Labute approximate surface area is 141 Å². The van der Waals surface area contributed by atoms with Gasteiger partial charge >= 0.3 is 0 Å². The fraction of sp³-hybridized carbons (Fsp3) is 0.444. The summed E-state index contributed by atoms with van der Waals surface area (Å²) in [6.07, 6.45) is 3.51. The summed E-state index contributed by atoms with van der Waals surface area (Å²) in [5, 5.41) is 9.59. The number of nitriles is 1. The summed E-state index contributed by atoms with van der Waals surface area (Å²) in [6, 6.07) is 5.81. The topological polar surface area (TPSA) is 71.4 Å². The number of furan rings is 1. The summed E-state index contributed by atoms with van der Waals surface area (Å²) in [4.78, 5) is 14.8. The van der Waals surface area contributed by atoms with E-state index in [2.05, 4.69) is 6.07 Å². The number of rotatable bonds is 2. The van der Waals surface area contributed by atoms with Crippen LogP contribution in [0.15, 0.2) is 28.9 Å². The number of carbonyl (C=O) groups is 1. The van der Waals surface area contributed by atoms with E-state index in [9.17, 15) is 10.1 Å². The molecule has 0 aliphatic carbocycles. The van der Waals surface area contributed by atoms with Gasteiger partial charge in [-0.1, -0.05) is 0 Å². The molecule has 2 aromatic heterocycles. The lowest BCUT2D eigenvalue weighted by molar-refractivity contribution is -0.118. The van der Waals surface area contributed by atoms with Crippen LogP contribution in [-0.4, -0.2) is 40.2 Å². The molecular weight excluding hydrogens is 306 g/mol. The van der Waals surface area contributed by atoms with Gasteiger partial charge in [0.1, 0.15) is 23.0 Å². The summed E-state index contributed by atoms with van der Waals surface area (Å²) in [6.45, 7) is 8.56. The van der Waals surface area contributed by atoms with E-state index < -0.39 is 5.60 Å². The summed E-state index contributed by atoms with van der Waals surface area (Å²) in [5.74, 6) is 0.649. The highest BCUT2D eigenvalue weighted by atomic mass is 16.5. The minimum absolute atomic E-state index is 0.0561. The summed E-state index contributed by atoms with van der Waals surface area (Å²) in [5.41, 5.74) is 0.192. The zero-order valence-corrected chi connectivity index (χ0v) is 14.4. The van der Waals surface area contributed by atoms with Crippen LogP contribution in [0, 0.1) is 18.3 Å². The third-order valence-corrected chi connectivity index (χ3v) is 4.09. The second-order valence-corrected chi connectivity index (χ2v) is 6.79. The van der Waals surface area contributed by atoms with Crippen LogP contribution in [0.25, 0.3) is 5.88 Å². The van der Waals surface area contributed by atoms with Gasteiger partial charge in [0.2, 0.25) is 5.88 Å². The molecule has 6 heteroatoms. The van der Waals surface area contributed by atoms with Crippen molar-refractivity contribution in [2.75, 3.05) is 13.1 Å². The lowest BCUT2D eigenvalue weighted by Crippen LogP contribution is -2.53. The number of aryl methyl sites for hydroxylation is 1. The van der Waals surface area contributed by atoms with Gasteiger partial charge in [-0.2, -0.15) is 5.26 Å². The molecule has 1 fully saturated rings. The molecule has 1 aliphatic rings. The summed E-state index contributed by atoms with van der Waals surface area (Å²) >= 11 is 0. The molecule has 0 unspecified atom stereocenters. The molecular formula is C18H21N3O3. The summed E-state index contributed by atoms with van der Waals surface area (Å²) < 4.78 is 13.3. The van der Waals surface area contributed by atoms with Crippen LogP contribution in [0.3, 0.4) is 0 Å². The zero-order valence-electron chi connectivity index (χ0n) is 14.4. The van der Waals surface area contributed by atoms with E-state index >= 15 is 0 Å². The van der Waals surface area contributed by atoms with Crippen LogP contribution in [-0.2, 0) is 4.74 Å². The molecule has 0 radical (unpaired) electrons. The molecule has 1 aliphatic heterocycles. The first kappa shape index (κ1) is 16.3. The molecule has 0 N–H and O–H groups in total. The third kappa shape index (κ3) is 2.83. The lowest BCUT2D eigenvalue weighted by Gasteiger charge is -2.41. The van der Waals surface area contributed by atoms with E-state index in [4.69, 9.17) is 9.15 Å². The van der Waals surface area contributed by atoms with Crippen molar-refractivity contribution in [3.8, 4) is 12.0 Å². The van der Waals surface area contributed by atoms with Crippen molar-refractivity contribution in [2.24, 2.45) is 0 Å². The predicted octanol–water partition coefficient (Wildman–Crippen LogP) is 2.89. The van der Waals surface area contributed by atoms with Crippen LogP contribution in [0.2, 0.25) is 0 Å². The highest BCUT2D eigenvalue weighted by Crippen LogP contribution is 2.29. The average Bonchev–Trinajstić information content (AvgIpc) is 3.11. The molecule has 0 spiro atoms. The first-order valence-corrected chi connectivity index (χ1v) is 7.96. The SMILES string of the molecule is Cc1oc(-n2cccc2)c(C#N)c1C(=O)N1C[C@H](C)OC(C)(C)C1. The molecule has 0 saturated carbocycles. The van der Waals surface area contributed by atoms with E-state index in [0.717, 1.165) is 0 Å². The quantitative estimate of drug-likeness (QED) is 0.850. The van der Waals surface area contributed by atoms with Gasteiger partial charge in [-0.3, -0.25) is 9.36 Å². The van der Waals surface area contributed by atoms with E-state index in [1.807, 2.05) is 32.9 Å². The number of nitrogens with zero attached hydrogens (tertiary/aromatic N) is 3. The number of amides is 1. The monoisotopic (exact) mass is 327 g/mol. The minimum atomic E-state index is -0.416. The Balaban J connectivity index is 2.00. The Bertz CT molecular complexity index is 796. The molecule has 0 aromatic carbocycles. The number of ether oxygens (including phenoxy) is 1. The normalized spacial score (nSPS) is 20.0. The standard InChI is InChI=1S/C18H21N3O3/c1-12-10-21(11-18(3,4)24-12)16(22)15-13(2)23-17(14(15)9-19)20-7-5-6-8-20/h5-8,12H,10-11H2,1-4H3/t12-/m0/s1. The van der Waals surface area contributed by atoms with Crippen LogP contribution < -0.4 is 0 Å². The van der Waals surface area contributed by atoms with E-state index in [-0.39, 0.29) is 17.6 Å². The first-order chi connectivity index (χ1) is 11.3. The molecule has 1 saturated heterocycles. The molecule has 3 rings (SSSR count). The Morgan fingerprint density at radius 2 is 2.04 bits per heavy atom. The first-order valence-electron chi connectivity index (χ1n) is 7.96. The smallest absolute Gasteiger partial charge is 0.259 e. The van der Waals surface area contributed by atoms with Gasteiger partial charge in [0.15, 0.2) is 0 Å². The molecule has 1 atom stereocenters. The fourth-order valence-electron chi connectivity index (χ4n) is 3.31. The number of aromatic nitrogens is 1. The number of hydrogen-bond acceptors (Lipinski definition) is 4. The van der Waals surface area contributed by atoms with Gasteiger partial charge in [-0.05, 0) is 39.8 Å². The van der Waals surface area contributed by atoms with Gasteiger partial charge in [0.25, 0.3) is 5.91 Å². The minimum Gasteiger partial charge on any atom is -0.443 e. The average molecular weight is 327 g/mol. The third-order valence-electron chi connectivity index (χ3n) is 4.09. The van der Waals surface area contributed by atoms with Crippen molar-refractivity contribution in [2.45, 2.75) is 39.4 Å². The van der Waals surface area contributed by atoms with E-state index in [1.165, 1.54) is 0 Å². The van der Waals surface area contributed by atoms with Gasteiger partial charge in [-0.15, -0.1) is 0 Å². The Morgan fingerprint density at radius 1 is 1.38 bits per heavy atom. The van der Waals surface area contributed by atoms with Crippen molar-refractivity contribution in [1.82, 2.24) is 9.47 Å². The molecule has 126 valence electrons. The van der Waals surface area contributed by atoms with Gasteiger partial charge in [0.05, 0.1) is 11.7 Å². The van der Waals surface area contributed by atoms with Crippen molar-refractivity contribution in [1.29, 1.82) is 5.26 Å². The Hall–Kier alpha value is -2.52. The largest absolute Gasteiger partial charge is 0.443 e. The number of carbonyl (C=O) groups excluding carboxylic acids is 1. The molecule has 6 nitrogen and oxygen atoms in total.